The molecular formula is C10H21N3O3S. The Labute approximate surface area is 103 Å². The van der Waals surface area contributed by atoms with Crippen LogP contribution >= 0.6 is 0 Å². The predicted octanol–water partition coefficient (Wildman–Crippen LogP) is -0.816. The molecule has 0 aromatic carbocycles. The number of nitrogens with one attached hydrogen (secondary N) is 3. The van der Waals surface area contributed by atoms with Crippen LogP contribution in [0.1, 0.15) is 25.7 Å². The SMILES string of the molecule is CS(=O)(=O)NCCCNC(=O)CC1CCCN1. The summed E-state index contributed by atoms with van der Waals surface area (Å²) in [5.41, 5.74) is 0. The molecule has 0 aromatic rings. The maximum atomic E-state index is 11.5. The van der Waals surface area contributed by atoms with Crippen molar-refractivity contribution in [1.82, 2.24) is 15.4 Å². The predicted molar refractivity (Wildman–Crippen MR) is 66.1 cm³/mol. The summed E-state index contributed by atoms with van der Waals surface area (Å²) in [6.07, 6.45) is 4.44. The van der Waals surface area contributed by atoms with Gasteiger partial charge in [-0.15, -0.1) is 0 Å². The minimum atomic E-state index is -3.12. The van der Waals surface area contributed by atoms with Crippen molar-refractivity contribution in [2.24, 2.45) is 0 Å². The molecule has 1 unspecified atom stereocenters. The second-order valence-electron chi connectivity index (χ2n) is 4.37. The Kier molecular flexibility index (Phi) is 5.87. The van der Waals surface area contributed by atoms with Crippen molar-refractivity contribution in [2.45, 2.75) is 31.7 Å². The quantitative estimate of drug-likeness (QED) is 0.524. The van der Waals surface area contributed by atoms with Crippen LogP contribution in [0.15, 0.2) is 0 Å². The van der Waals surface area contributed by atoms with Crippen molar-refractivity contribution in [1.29, 1.82) is 0 Å². The highest BCUT2D eigenvalue weighted by atomic mass is 32.2. The fraction of sp³-hybridized carbons (Fsp3) is 0.900. The average Bonchev–Trinajstić information content (AvgIpc) is 2.68. The van der Waals surface area contributed by atoms with E-state index in [2.05, 4.69) is 15.4 Å². The molecule has 3 N–H and O–H groups in total. The minimum Gasteiger partial charge on any atom is -0.356 e. The maximum absolute atomic E-state index is 11.5. The summed E-state index contributed by atoms with van der Waals surface area (Å²) in [6, 6.07) is 0.309. The first kappa shape index (κ1) is 14.4. The fourth-order valence-corrected chi connectivity index (χ4v) is 2.32. The lowest BCUT2D eigenvalue weighted by Crippen LogP contribution is -2.33. The van der Waals surface area contributed by atoms with Crippen molar-refractivity contribution in [3.05, 3.63) is 0 Å². The number of carbonyl (C=O) groups excluding carboxylic acids is 1. The van der Waals surface area contributed by atoms with Gasteiger partial charge in [-0.3, -0.25) is 4.79 Å². The third kappa shape index (κ3) is 7.30. The van der Waals surface area contributed by atoms with Crippen molar-refractivity contribution < 1.29 is 13.2 Å². The van der Waals surface area contributed by atoms with E-state index in [-0.39, 0.29) is 5.91 Å². The average molecular weight is 263 g/mol. The third-order valence-corrected chi connectivity index (χ3v) is 3.36. The van der Waals surface area contributed by atoms with Gasteiger partial charge in [0.1, 0.15) is 0 Å². The first-order valence-corrected chi connectivity index (χ1v) is 7.81. The Hall–Kier alpha value is -0.660. The van der Waals surface area contributed by atoms with Gasteiger partial charge in [0, 0.05) is 25.6 Å². The zero-order chi connectivity index (χ0) is 12.7. The van der Waals surface area contributed by atoms with E-state index in [4.69, 9.17) is 0 Å². The number of carbonyl (C=O) groups is 1. The molecule has 1 aliphatic rings. The number of hydrogen-bond acceptors (Lipinski definition) is 4. The minimum absolute atomic E-state index is 0.0313. The van der Waals surface area contributed by atoms with E-state index >= 15 is 0 Å². The van der Waals surface area contributed by atoms with Crippen molar-refractivity contribution in [2.75, 3.05) is 25.9 Å². The van der Waals surface area contributed by atoms with Crippen LogP contribution in [-0.4, -0.2) is 46.3 Å². The molecule has 0 aromatic heterocycles. The Morgan fingerprint density at radius 3 is 2.76 bits per heavy atom. The number of hydrogen-bond donors (Lipinski definition) is 3. The van der Waals surface area contributed by atoms with Gasteiger partial charge >= 0.3 is 0 Å². The van der Waals surface area contributed by atoms with Gasteiger partial charge in [0.25, 0.3) is 0 Å². The molecule has 17 heavy (non-hydrogen) atoms. The molecule has 100 valence electrons. The molecule has 1 atom stereocenters. The summed E-state index contributed by atoms with van der Waals surface area (Å²) in [5, 5.41) is 6.04. The van der Waals surface area contributed by atoms with Gasteiger partial charge in [0.05, 0.1) is 6.26 Å². The van der Waals surface area contributed by atoms with Crippen LogP contribution in [0.3, 0.4) is 0 Å². The molecular weight excluding hydrogens is 242 g/mol. The highest BCUT2D eigenvalue weighted by molar-refractivity contribution is 7.88. The number of amides is 1. The van der Waals surface area contributed by atoms with E-state index in [0.717, 1.165) is 25.6 Å². The topological polar surface area (TPSA) is 87.3 Å². The van der Waals surface area contributed by atoms with Crippen LogP contribution < -0.4 is 15.4 Å². The molecule has 0 radical (unpaired) electrons. The van der Waals surface area contributed by atoms with Crippen molar-refractivity contribution in [3.63, 3.8) is 0 Å². The normalized spacial score (nSPS) is 20.4. The lowest BCUT2D eigenvalue weighted by atomic mass is 10.1. The van der Waals surface area contributed by atoms with Gasteiger partial charge in [0.15, 0.2) is 0 Å². The smallest absolute Gasteiger partial charge is 0.221 e. The fourth-order valence-electron chi connectivity index (χ4n) is 1.80. The summed E-state index contributed by atoms with van der Waals surface area (Å²) in [4.78, 5) is 11.5. The monoisotopic (exact) mass is 263 g/mol. The molecule has 1 fully saturated rings. The second kappa shape index (κ2) is 6.93. The van der Waals surface area contributed by atoms with Gasteiger partial charge < -0.3 is 10.6 Å². The molecule has 6 nitrogen and oxygen atoms in total. The lowest BCUT2D eigenvalue weighted by molar-refractivity contribution is -0.121. The number of sulfonamides is 1. The molecule has 1 saturated heterocycles. The van der Waals surface area contributed by atoms with Gasteiger partial charge in [-0.25, -0.2) is 13.1 Å². The Morgan fingerprint density at radius 1 is 1.41 bits per heavy atom. The number of rotatable bonds is 7. The molecule has 1 heterocycles. The summed E-state index contributed by atoms with van der Waals surface area (Å²) in [6.45, 7) is 1.87. The van der Waals surface area contributed by atoms with Crippen molar-refractivity contribution >= 4 is 15.9 Å². The molecule has 1 rings (SSSR count). The maximum Gasteiger partial charge on any atom is 0.221 e. The Balaban J connectivity index is 2.00. The summed E-state index contributed by atoms with van der Waals surface area (Å²) in [7, 11) is -3.12. The standard InChI is InChI=1S/C10H21N3O3S/c1-17(15,16)13-7-3-6-12-10(14)8-9-4-2-5-11-9/h9,11,13H,2-8H2,1H3,(H,12,14). The lowest BCUT2D eigenvalue weighted by Gasteiger charge is -2.10. The molecule has 0 bridgehead atoms. The second-order valence-corrected chi connectivity index (χ2v) is 6.20. The Bertz CT molecular complexity index is 337. The molecule has 7 heteroatoms. The summed E-state index contributed by atoms with van der Waals surface area (Å²) >= 11 is 0. The van der Waals surface area contributed by atoms with E-state index in [9.17, 15) is 13.2 Å². The van der Waals surface area contributed by atoms with Crippen LogP contribution in [-0.2, 0) is 14.8 Å². The van der Waals surface area contributed by atoms with E-state index in [1.54, 1.807) is 0 Å². The highest BCUT2D eigenvalue weighted by Crippen LogP contribution is 2.07. The molecule has 1 amide bonds. The van der Waals surface area contributed by atoms with Crippen LogP contribution in [0, 0.1) is 0 Å². The van der Waals surface area contributed by atoms with Gasteiger partial charge in [-0.05, 0) is 25.8 Å². The van der Waals surface area contributed by atoms with Gasteiger partial charge in [-0.1, -0.05) is 0 Å². The Morgan fingerprint density at radius 2 is 2.18 bits per heavy atom. The first-order chi connectivity index (χ1) is 7.97. The van der Waals surface area contributed by atoms with E-state index in [0.29, 0.717) is 32.0 Å². The highest BCUT2D eigenvalue weighted by Gasteiger charge is 2.16. The summed E-state index contributed by atoms with van der Waals surface area (Å²) in [5.74, 6) is 0.0313. The van der Waals surface area contributed by atoms with Gasteiger partial charge in [-0.2, -0.15) is 0 Å². The molecule has 0 spiro atoms. The first-order valence-electron chi connectivity index (χ1n) is 5.92. The van der Waals surface area contributed by atoms with Crippen LogP contribution in [0.5, 0.6) is 0 Å². The van der Waals surface area contributed by atoms with E-state index in [1.165, 1.54) is 0 Å². The van der Waals surface area contributed by atoms with E-state index < -0.39 is 10.0 Å². The molecule has 0 saturated carbocycles. The molecule has 0 aliphatic carbocycles. The van der Waals surface area contributed by atoms with E-state index in [1.807, 2.05) is 0 Å². The zero-order valence-electron chi connectivity index (χ0n) is 10.2. The third-order valence-electron chi connectivity index (χ3n) is 2.63. The van der Waals surface area contributed by atoms with Crippen LogP contribution in [0.4, 0.5) is 0 Å². The van der Waals surface area contributed by atoms with Gasteiger partial charge in [0.2, 0.25) is 15.9 Å². The zero-order valence-corrected chi connectivity index (χ0v) is 11.0. The van der Waals surface area contributed by atoms with Crippen molar-refractivity contribution in [3.8, 4) is 0 Å². The largest absolute Gasteiger partial charge is 0.356 e. The molecule has 1 aliphatic heterocycles. The van der Waals surface area contributed by atoms with Crippen LogP contribution in [0.2, 0.25) is 0 Å². The van der Waals surface area contributed by atoms with Crippen LogP contribution in [0.25, 0.3) is 0 Å². The summed E-state index contributed by atoms with van der Waals surface area (Å²) < 4.78 is 23.9.